The average Bonchev–Trinajstić information content (AvgIpc) is 3.43. The number of rotatable bonds is 8. The third kappa shape index (κ3) is 4.86. The normalized spacial score (nSPS) is 16.6. The van der Waals surface area contributed by atoms with Gasteiger partial charge in [-0.15, -0.1) is 0 Å². The first-order chi connectivity index (χ1) is 17.0. The highest BCUT2D eigenvalue weighted by atomic mass is 16.5. The van der Waals surface area contributed by atoms with Gasteiger partial charge >= 0.3 is 0 Å². The second-order valence-corrected chi connectivity index (χ2v) is 8.95. The van der Waals surface area contributed by atoms with Gasteiger partial charge in [0.2, 0.25) is 5.91 Å². The molecule has 0 spiro atoms. The lowest BCUT2D eigenvalue weighted by Gasteiger charge is -2.19. The van der Waals surface area contributed by atoms with Gasteiger partial charge in [0.25, 0.3) is 0 Å². The molecule has 1 aliphatic heterocycles. The number of nitrogens with zero attached hydrogens (tertiary/aromatic N) is 3. The molecule has 3 aromatic carbocycles. The number of anilines is 1. The maximum atomic E-state index is 12.9. The summed E-state index contributed by atoms with van der Waals surface area (Å²) in [5.74, 6) is 2.25. The van der Waals surface area contributed by atoms with Gasteiger partial charge in [-0.25, -0.2) is 4.98 Å². The summed E-state index contributed by atoms with van der Waals surface area (Å²) in [7, 11) is 1.62. The van der Waals surface area contributed by atoms with Crippen LogP contribution in [0.2, 0.25) is 0 Å². The number of para-hydroxylation sites is 2. The standard InChI is InChI=1S/C28H29N3O4/c1-19-6-5-7-21(14-19)30-16-20(15-27(30)33)28-29-25-8-3-4-9-26(25)31(28)17-22(32)18-35-24-12-10-23(34-2)11-13-24/h3-14,20,22,32H,15-18H2,1-2H3/t20-,22+/m1/s1. The summed E-state index contributed by atoms with van der Waals surface area (Å²) in [6.07, 6.45) is -0.367. The predicted molar refractivity (Wildman–Crippen MR) is 135 cm³/mol. The Morgan fingerprint density at radius 1 is 1.06 bits per heavy atom. The van der Waals surface area contributed by atoms with Crippen molar-refractivity contribution in [3.05, 3.63) is 84.2 Å². The fourth-order valence-electron chi connectivity index (χ4n) is 4.65. The van der Waals surface area contributed by atoms with E-state index in [1.54, 1.807) is 7.11 Å². The van der Waals surface area contributed by atoms with E-state index >= 15 is 0 Å². The molecule has 0 aliphatic carbocycles. The summed E-state index contributed by atoms with van der Waals surface area (Å²) in [5.41, 5.74) is 3.82. The molecule has 0 unspecified atom stereocenters. The van der Waals surface area contributed by atoms with Crippen LogP contribution in [0.1, 0.15) is 23.7 Å². The van der Waals surface area contributed by atoms with E-state index in [0.717, 1.165) is 33.9 Å². The van der Waals surface area contributed by atoms with Crippen LogP contribution in [0.15, 0.2) is 72.8 Å². The van der Waals surface area contributed by atoms with Gasteiger partial charge in [0, 0.05) is 24.6 Å². The van der Waals surface area contributed by atoms with Crippen molar-refractivity contribution < 1.29 is 19.4 Å². The van der Waals surface area contributed by atoms with Crippen LogP contribution in [0.25, 0.3) is 11.0 Å². The second-order valence-electron chi connectivity index (χ2n) is 8.95. The molecular weight excluding hydrogens is 442 g/mol. The molecule has 5 rings (SSSR count). The van der Waals surface area contributed by atoms with Gasteiger partial charge in [-0.2, -0.15) is 0 Å². The maximum Gasteiger partial charge on any atom is 0.227 e. The van der Waals surface area contributed by atoms with Gasteiger partial charge in [-0.1, -0.05) is 24.3 Å². The number of carbonyl (C=O) groups is 1. The van der Waals surface area contributed by atoms with Crippen molar-refractivity contribution in [3.63, 3.8) is 0 Å². The van der Waals surface area contributed by atoms with Crippen molar-refractivity contribution in [2.45, 2.75) is 31.9 Å². The first kappa shape index (κ1) is 22.9. The number of methoxy groups -OCH3 is 1. The van der Waals surface area contributed by atoms with E-state index in [-0.39, 0.29) is 18.4 Å². The molecule has 35 heavy (non-hydrogen) atoms. The fourth-order valence-corrected chi connectivity index (χ4v) is 4.65. The van der Waals surface area contributed by atoms with E-state index in [1.165, 1.54) is 0 Å². The zero-order chi connectivity index (χ0) is 24.4. The molecule has 1 N–H and O–H groups in total. The number of benzene rings is 3. The number of hydrogen-bond donors (Lipinski definition) is 1. The number of carbonyl (C=O) groups excluding carboxylic acids is 1. The number of aliphatic hydroxyl groups excluding tert-OH is 1. The number of imidazole rings is 1. The van der Waals surface area contributed by atoms with Crippen LogP contribution in [-0.4, -0.2) is 46.9 Å². The van der Waals surface area contributed by atoms with Crippen LogP contribution in [0.5, 0.6) is 11.5 Å². The number of ether oxygens (including phenoxy) is 2. The van der Waals surface area contributed by atoms with E-state index in [1.807, 2.05) is 89.2 Å². The van der Waals surface area contributed by atoms with Crippen molar-refractivity contribution in [1.29, 1.82) is 0 Å². The highest BCUT2D eigenvalue weighted by Crippen LogP contribution is 2.33. The Kier molecular flexibility index (Phi) is 6.42. The van der Waals surface area contributed by atoms with Crippen LogP contribution in [0.3, 0.4) is 0 Å². The monoisotopic (exact) mass is 471 g/mol. The maximum absolute atomic E-state index is 12.9. The van der Waals surface area contributed by atoms with Crippen molar-refractivity contribution in [2.75, 3.05) is 25.2 Å². The highest BCUT2D eigenvalue weighted by Gasteiger charge is 2.35. The Morgan fingerprint density at radius 3 is 2.60 bits per heavy atom. The molecular formula is C28H29N3O4. The number of aliphatic hydroxyl groups is 1. The molecule has 2 heterocycles. The topological polar surface area (TPSA) is 76.8 Å². The van der Waals surface area contributed by atoms with Gasteiger partial charge < -0.3 is 24.0 Å². The third-order valence-electron chi connectivity index (χ3n) is 6.38. The van der Waals surface area contributed by atoms with Crippen LogP contribution in [0, 0.1) is 6.92 Å². The lowest BCUT2D eigenvalue weighted by atomic mass is 10.1. The quantitative estimate of drug-likeness (QED) is 0.414. The van der Waals surface area contributed by atoms with Gasteiger partial charge in [0.15, 0.2) is 0 Å². The van der Waals surface area contributed by atoms with Crippen molar-refractivity contribution in [2.24, 2.45) is 0 Å². The third-order valence-corrected chi connectivity index (χ3v) is 6.38. The van der Waals surface area contributed by atoms with Crippen LogP contribution < -0.4 is 14.4 Å². The van der Waals surface area contributed by atoms with Crippen molar-refractivity contribution >= 4 is 22.6 Å². The highest BCUT2D eigenvalue weighted by molar-refractivity contribution is 5.96. The van der Waals surface area contributed by atoms with Gasteiger partial charge in [-0.3, -0.25) is 4.79 Å². The molecule has 1 fully saturated rings. The minimum Gasteiger partial charge on any atom is -0.497 e. The molecule has 1 aliphatic rings. The van der Waals surface area contributed by atoms with Crippen LogP contribution in [-0.2, 0) is 11.3 Å². The molecule has 0 radical (unpaired) electrons. The second kappa shape index (κ2) is 9.80. The average molecular weight is 472 g/mol. The Balaban J connectivity index is 1.36. The molecule has 0 saturated carbocycles. The number of aromatic nitrogens is 2. The Morgan fingerprint density at radius 2 is 1.83 bits per heavy atom. The molecule has 7 heteroatoms. The summed E-state index contributed by atoms with van der Waals surface area (Å²) in [5, 5.41) is 10.8. The van der Waals surface area contributed by atoms with Gasteiger partial charge in [0.1, 0.15) is 30.0 Å². The zero-order valence-electron chi connectivity index (χ0n) is 19.9. The first-order valence-electron chi connectivity index (χ1n) is 11.8. The molecule has 7 nitrogen and oxygen atoms in total. The smallest absolute Gasteiger partial charge is 0.227 e. The van der Waals surface area contributed by atoms with E-state index in [9.17, 15) is 9.90 Å². The molecule has 1 saturated heterocycles. The van der Waals surface area contributed by atoms with Gasteiger partial charge in [-0.05, 0) is 61.0 Å². The Hall–Kier alpha value is -3.84. The Bertz CT molecular complexity index is 1330. The number of amides is 1. The predicted octanol–water partition coefficient (Wildman–Crippen LogP) is 4.31. The summed E-state index contributed by atoms with van der Waals surface area (Å²) in [6, 6.07) is 23.1. The Labute approximate surface area is 204 Å². The number of aryl methyl sites for hydroxylation is 1. The lowest BCUT2D eigenvalue weighted by molar-refractivity contribution is -0.117. The van der Waals surface area contributed by atoms with Crippen molar-refractivity contribution in [1.82, 2.24) is 9.55 Å². The zero-order valence-corrected chi connectivity index (χ0v) is 19.9. The molecule has 2 atom stereocenters. The molecule has 4 aromatic rings. The molecule has 180 valence electrons. The summed E-state index contributed by atoms with van der Waals surface area (Å²) >= 11 is 0. The fraction of sp³-hybridized carbons (Fsp3) is 0.286. The minimum absolute atomic E-state index is 0.0647. The lowest BCUT2D eigenvalue weighted by Crippen LogP contribution is -2.26. The molecule has 1 aromatic heterocycles. The largest absolute Gasteiger partial charge is 0.497 e. The van der Waals surface area contributed by atoms with Crippen LogP contribution in [0.4, 0.5) is 5.69 Å². The number of hydrogen-bond acceptors (Lipinski definition) is 5. The van der Waals surface area contributed by atoms with E-state index in [2.05, 4.69) is 0 Å². The summed E-state index contributed by atoms with van der Waals surface area (Å²) in [4.78, 5) is 19.7. The SMILES string of the molecule is COc1ccc(OC[C@@H](O)Cn2c([C@@H]3CC(=O)N(c4cccc(C)c4)C3)nc3ccccc32)cc1. The van der Waals surface area contributed by atoms with Crippen molar-refractivity contribution in [3.8, 4) is 11.5 Å². The van der Waals surface area contributed by atoms with E-state index in [4.69, 9.17) is 14.5 Å². The minimum atomic E-state index is -0.751. The summed E-state index contributed by atoms with van der Waals surface area (Å²) < 4.78 is 13.0. The van der Waals surface area contributed by atoms with E-state index in [0.29, 0.717) is 25.3 Å². The summed E-state index contributed by atoms with van der Waals surface area (Å²) in [6.45, 7) is 3.04. The number of fused-ring (bicyclic) bond motifs is 1. The van der Waals surface area contributed by atoms with Crippen LogP contribution >= 0.6 is 0 Å². The molecule has 1 amide bonds. The molecule has 0 bridgehead atoms. The first-order valence-corrected chi connectivity index (χ1v) is 11.8. The van der Waals surface area contributed by atoms with E-state index < -0.39 is 6.10 Å². The van der Waals surface area contributed by atoms with Gasteiger partial charge in [0.05, 0.1) is 24.7 Å².